The number of carbonyl (C=O) groups excluding carboxylic acids is 1. The van der Waals surface area contributed by atoms with E-state index < -0.39 is 0 Å². The fraction of sp³-hybridized carbons (Fsp3) is 0.217. The van der Waals surface area contributed by atoms with Gasteiger partial charge in [-0.25, -0.2) is 5.43 Å². The summed E-state index contributed by atoms with van der Waals surface area (Å²) in [6.45, 7) is 7.91. The summed E-state index contributed by atoms with van der Waals surface area (Å²) in [6.07, 6.45) is 1.66. The zero-order chi connectivity index (χ0) is 21.8. The second kappa shape index (κ2) is 9.73. The van der Waals surface area contributed by atoms with Gasteiger partial charge in [-0.2, -0.15) is 5.10 Å². The van der Waals surface area contributed by atoms with Crippen LogP contribution in [0.1, 0.15) is 29.4 Å². The van der Waals surface area contributed by atoms with Gasteiger partial charge in [0.05, 0.1) is 21.5 Å². The normalized spacial score (nSPS) is 12.3. The molecule has 1 heterocycles. The van der Waals surface area contributed by atoms with E-state index in [0.29, 0.717) is 10.0 Å². The molecule has 0 aliphatic carbocycles. The highest BCUT2D eigenvalue weighted by Crippen LogP contribution is 2.27. The number of aromatic nitrogens is 1. The van der Waals surface area contributed by atoms with Crippen molar-refractivity contribution in [3.05, 3.63) is 81.1 Å². The van der Waals surface area contributed by atoms with Crippen molar-refractivity contribution in [3.8, 4) is 5.69 Å². The van der Waals surface area contributed by atoms with E-state index in [1.54, 1.807) is 12.3 Å². The molecule has 0 bridgehead atoms. The molecule has 30 heavy (non-hydrogen) atoms. The highest BCUT2D eigenvalue weighted by Gasteiger charge is 2.14. The van der Waals surface area contributed by atoms with Crippen LogP contribution in [0.15, 0.2) is 58.5 Å². The summed E-state index contributed by atoms with van der Waals surface area (Å²) in [5.74, 6) is -0.143. The van der Waals surface area contributed by atoms with Gasteiger partial charge in [0.1, 0.15) is 0 Å². The van der Waals surface area contributed by atoms with Crippen LogP contribution in [0.25, 0.3) is 5.69 Å². The molecule has 0 aliphatic rings. The van der Waals surface area contributed by atoms with Gasteiger partial charge in [-0.3, -0.25) is 4.79 Å². The maximum atomic E-state index is 12.4. The smallest absolute Gasteiger partial charge is 0.253 e. The number of aryl methyl sites for hydroxylation is 2. The minimum absolute atomic E-state index is 0.143. The fourth-order valence-corrected chi connectivity index (χ4v) is 4.22. The molecule has 0 fully saturated rings. The van der Waals surface area contributed by atoms with Crippen molar-refractivity contribution in [2.45, 2.75) is 37.8 Å². The van der Waals surface area contributed by atoms with Gasteiger partial charge in [0.15, 0.2) is 0 Å². The predicted molar refractivity (Wildman–Crippen MR) is 127 cm³/mol. The number of amides is 1. The van der Waals surface area contributed by atoms with E-state index in [2.05, 4.69) is 15.1 Å². The zero-order valence-electron chi connectivity index (χ0n) is 17.2. The Bertz CT molecular complexity index is 1090. The maximum absolute atomic E-state index is 12.4. The van der Waals surface area contributed by atoms with Gasteiger partial charge in [-0.1, -0.05) is 40.9 Å². The van der Waals surface area contributed by atoms with E-state index in [-0.39, 0.29) is 11.2 Å². The van der Waals surface area contributed by atoms with Gasteiger partial charge < -0.3 is 4.57 Å². The predicted octanol–water partition coefficient (Wildman–Crippen LogP) is 6.34. The fourth-order valence-electron chi connectivity index (χ4n) is 3.07. The summed E-state index contributed by atoms with van der Waals surface area (Å²) < 4.78 is 2.07. The Kier molecular flexibility index (Phi) is 7.29. The van der Waals surface area contributed by atoms with Crippen LogP contribution in [0.5, 0.6) is 0 Å². The van der Waals surface area contributed by atoms with Crippen LogP contribution in [-0.2, 0) is 4.79 Å². The van der Waals surface area contributed by atoms with E-state index in [1.165, 1.54) is 17.3 Å². The minimum Gasteiger partial charge on any atom is -0.318 e. The Labute approximate surface area is 191 Å². The number of halogens is 2. The van der Waals surface area contributed by atoms with Crippen molar-refractivity contribution < 1.29 is 4.79 Å². The highest BCUT2D eigenvalue weighted by molar-refractivity contribution is 8.00. The molecule has 2 aromatic carbocycles. The molecule has 1 aromatic heterocycles. The Morgan fingerprint density at radius 1 is 1.07 bits per heavy atom. The third kappa shape index (κ3) is 5.28. The highest BCUT2D eigenvalue weighted by atomic mass is 35.5. The summed E-state index contributed by atoms with van der Waals surface area (Å²) in [7, 11) is 0. The average Bonchev–Trinajstić information content (AvgIpc) is 2.99. The third-order valence-corrected chi connectivity index (χ3v) is 6.56. The molecule has 1 amide bonds. The molecule has 4 nitrogen and oxygen atoms in total. The Morgan fingerprint density at radius 3 is 2.43 bits per heavy atom. The van der Waals surface area contributed by atoms with Crippen molar-refractivity contribution in [1.29, 1.82) is 0 Å². The Balaban J connectivity index is 1.68. The summed E-state index contributed by atoms with van der Waals surface area (Å²) in [4.78, 5) is 13.4. The molecule has 156 valence electrons. The van der Waals surface area contributed by atoms with Gasteiger partial charge in [0.2, 0.25) is 0 Å². The van der Waals surface area contributed by atoms with Gasteiger partial charge in [0.25, 0.3) is 5.91 Å². The second-order valence-electron chi connectivity index (χ2n) is 7.07. The van der Waals surface area contributed by atoms with E-state index in [1.807, 2.05) is 70.2 Å². The van der Waals surface area contributed by atoms with Crippen LogP contribution in [0.4, 0.5) is 0 Å². The number of hydrazone groups is 1. The summed E-state index contributed by atoms with van der Waals surface area (Å²) >= 11 is 13.7. The largest absolute Gasteiger partial charge is 0.318 e. The second-order valence-corrected chi connectivity index (χ2v) is 9.30. The number of carbonyl (C=O) groups is 1. The van der Waals surface area contributed by atoms with Crippen LogP contribution in [0.3, 0.4) is 0 Å². The van der Waals surface area contributed by atoms with Crippen molar-refractivity contribution in [2.75, 3.05) is 0 Å². The van der Waals surface area contributed by atoms with Crippen molar-refractivity contribution in [2.24, 2.45) is 5.10 Å². The molecule has 0 aliphatic heterocycles. The van der Waals surface area contributed by atoms with Crippen LogP contribution < -0.4 is 5.43 Å². The molecule has 0 unspecified atom stereocenters. The molecule has 0 spiro atoms. The van der Waals surface area contributed by atoms with Crippen LogP contribution in [0.2, 0.25) is 10.0 Å². The average molecular weight is 460 g/mol. The number of benzene rings is 2. The molecule has 3 rings (SSSR count). The first-order valence-electron chi connectivity index (χ1n) is 9.47. The van der Waals surface area contributed by atoms with Crippen LogP contribution in [0, 0.1) is 20.8 Å². The number of hydrogen-bond donors (Lipinski definition) is 1. The van der Waals surface area contributed by atoms with E-state index in [0.717, 1.165) is 27.5 Å². The number of hydrogen-bond acceptors (Lipinski definition) is 3. The summed E-state index contributed by atoms with van der Waals surface area (Å²) in [5, 5.41) is 4.93. The molecular weight excluding hydrogens is 437 g/mol. The molecule has 0 radical (unpaired) electrons. The van der Waals surface area contributed by atoms with E-state index >= 15 is 0 Å². The lowest BCUT2D eigenvalue weighted by Gasteiger charge is -2.11. The lowest BCUT2D eigenvalue weighted by atomic mass is 10.2. The summed E-state index contributed by atoms with van der Waals surface area (Å²) in [6, 6.07) is 15.6. The number of nitrogens with zero attached hydrogens (tertiary/aromatic N) is 2. The van der Waals surface area contributed by atoms with Gasteiger partial charge in [-0.05, 0) is 64.1 Å². The first-order chi connectivity index (χ1) is 14.3. The molecule has 1 N–H and O–H groups in total. The molecule has 1 atom stereocenters. The Morgan fingerprint density at radius 2 is 1.77 bits per heavy atom. The third-order valence-electron chi connectivity index (χ3n) is 4.71. The van der Waals surface area contributed by atoms with E-state index in [4.69, 9.17) is 23.2 Å². The van der Waals surface area contributed by atoms with E-state index in [9.17, 15) is 4.79 Å². The van der Waals surface area contributed by atoms with Crippen LogP contribution >= 0.6 is 35.0 Å². The lowest BCUT2D eigenvalue weighted by molar-refractivity contribution is -0.120. The maximum Gasteiger partial charge on any atom is 0.253 e. The van der Waals surface area contributed by atoms with Crippen molar-refractivity contribution >= 4 is 47.1 Å². The zero-order valence-corrected chi connectivity index (χ0v) is 19.6. The quantitative estimate of drug-likeness (QED) is 0.265. The van der Waals surface area contributed by atoms with Gasteiger partial charge in [0, 0.05) is 27.5 Å². The summed E-state index contributed by atoms with van der Waals surface area (Å²) in [5.41, 5.74) is 7.69. The topological polar surface area (TPSA) is 46.4 Å². The number of nitrogens with one attached hydrogen (secondary N) is 1. The van der Waals surface area contributed by atoms with Gasteiger partial charge in [-0.15, -0.1) is 11.8 Å². The SMILES string of the molecule is Cc1ccc(S[C@H](C)C(=O)N/N=C\c2cc(C)n(-c3ccc(Cl)c(Cl)c3)c2C)cc1. The van der Waals surface area contributed by atoms with Crippen LogP contribution in [-0.4, -0.2) is 21.9 Å². The Hall–Kier alpha value is -2.21. The monoisotopic (exact) mass is 459 g/mol. The molecule has 7 heteroatoms. The van der Waals surface area contributed by atoms with Crippen molar-refractivity contribution in [1.82, 2.24) is 9.99 Å². The first kappa shape index (κ1) is 22.5. The molecule has 0 saturated heterocycles. The van der Waals surface area contributed by atoms with Gasteiger partial charge >= 0.3 is 0 Å². The molecular formula is C23H23Cl2N3OS. The minimum atomic E-state index is -0.256. The molecule has 0 saturated carbocycles. The number of rotatable bonds is 6. The standard InChI is InChI=1S/C23H23Cl2N3OS/c1-14-5-8-20(9-6-14)30-17(4)23(29)27-26-13-18-11-15(2)28(16(18)3)19-7-10-21(24)22(25)12-19/h5-13,17H,1-4H3,(H,27,29)/b26-13-/t17-/m1/s1. The molecule has 3 aromatic rings. The number of thioether (sulfide) groups is 1. The lowest BCUT2D eigenvalue weighted by Crippen LogP contribution is -2.26. The van der Waals surface area contributed by atoms with Crippen molar-refractivity contribution in [3.63, 3.8) is 0 Å². The first-order valence-corrected chi connectivity index (χ1v) is 11.1.